The molecule has 3 N–H and O–H groups in total. The molecule has 7 nitrogen and oxygen atoms in total. The molecular formula is C25H28N4O3. The van der Waals surface area contributed by atoms with Crippen LogP contribution >= 0.6 is 0 Å². The molecule has 1 aliphatic rings. The van der Waals surface area contributed by atoms with E-state index in [0.29, 0.717) is 37.2 Å². The summed E-state index contributed by atoms with van der Waals surface area (Å²) in [5, 5.41) is 12.9. The Hall–Kier alpha value is -3.61. The quantitative estimate of drug-likeness (QED) is 0.590. The number of carbonyl (C=O) groups excluding carboxylic acids is 2. The second kappa shape index (κ2) is 10.1. The third-order valence-electron chi connectivity index (χ3n) is 5.46. The fourth-order valence-electron chi connectivity index (χ4n) is 3.77. The van der Waals surface area contributed by atoms with E-state index < -0.39 is 0 Å². The summed E-state index contributed by atoms with van der Waals surface area (Å²) in [5.74, 6) is 0.555. The van der Waals surface area contributed by atoms with Crippen LogP contribution in [-0.2, 0) is 13.0 Å². The summed E-state index contributed by atoms with van der Waals surface area (Å²) >= 11 is 0. The molecule has 7 heteroatoms. The molecular weight excluding hydrogens is 404 g/mol. The molecule has 2 bridgehead atoms. The molecule has 0 saturated heterocycles. The van der Waals surface area contributed by atoms with Crippen LogP contribution in [-0.4, -0.2) is 35.2 Å². The van der Waals surface area contributed by atoms with Crippen LogP contribution in [0.4, 0.5) is 0 Å². The number of aromatic nitrogens is 2. The zero-order valence-electron chi connectivity index (χ0n) is 18.2. The Morgan fingerprint density at radius 2 is 2.03 bits per heavy atom. The van der Waals surface area contributed by atoms with E-state index >= 15 is 0 Å². The first-order chi connectivity index (χ1) is 15.6. The summed E-state index contributed by atoms with van der Waals surface area (Å²) in [6.07, 6.45) is 3.36. The molecule has 0 saturated carbocycles. The molecule has 2 amide bonds. The van der Waals surface area contributed by atoms with E-state index in [0.717, 1.165) is 47.5 Å². The van der Waals surface area contributed by atoms with Crippen LogP contribution in [0.1, 0.15) is 62.5 Å². The number of aryl methyl sites for hydroxylation is 1. The van der Waals surface area contributed by atoms with E-state index in [1.807, 2.05) is 49.4 Å². The van der Waals surface area contributed by atoms with Crippen molar-refractivity contribution in [3.63, 3.8) is 0 Å². The predicted molar refractivity (Wildman–Crippen MR) is 122 cm³/mol. The molecule has 1 aliphatic heterocycles. The molecule has 4 rings (SSSR count). The van der Waals surface area contributed by atoms with E-state index in [1.165, 1.54) is 0 Å². The SMILES string of the molecule is Cc1cc(CNC(=O)c2ccc3c(c2)Cc2cccc(c2)C(=O)NCCCCCO3)n[nH]1. The molecule has 1 aromatic heterocycles. The van der Waals surface area contributed by atoms with Gasteiger partial charge in [-0.1, -0.05) is 12.1 Å². The number of hydrogen-bond donors (Lipinski definition) is 3. The van der Waals surface area contributed by atoms with Crippen LogP contribution in [0.15, 0.2) is 48.5 Å². The van der Waals surface area contributed by atoms with Crippen molar-refractivity contribution < 1.29 is 14.3 Å². The van der Waals surface area contributed by atoms with Gasteiger partial charge in [0, 0.05) is 29.8 Å². The van der Waals surface area contributed by atoms with Crippen molar-refractivity contribution in [3.05, 3.63) is 82.2 Å². The first-order valence-corrected chi connectivity index (χ1v) is 11.0. The molecule has 3 aromatic rings. The minimum absolute atomic E-state index is 0.0536. The second-order valence-corrected chi connectivity index (χ2v) is 8.09. The van der Waals surface area contributed by atoms with Crippen molar-refractivity contribution in [2.24, 2.45) is 0 Å². The second-order valence-electron chi connectivity index (χ2n) is 8.09. The number of carbonyl (C=O) groups is 2. The maximum atomic E-state index is 12.7. The Balaban J connectivity index is 1.57. The van der Waals surface area contributed by atoms with Crippen LogP contribution in [0.3, 0.4) is 0 Å². The topological polar surface area (TPSA) is 96.1 Å². The lowest BCUT2D eigenvalue weighted by molar-refractivity contribution is 0.0943. The van der Waals surface area contributed by atoms with Crippen LogP contribution in [0.2, 0.25) is 0 Å². The largest absolute Gasteiger partial charge is 0.493 e. The van der Waals surface area contributed by atoms with Gasteiger partial charge in [0.25, 0.3) is 11.8 Å². The van der Waals surface area contributed by atoms with Gasteiger partial charge in [0.05, 0.1) is 18.8 Å². The fourth-order valence-corrected chi connectivity index (χ4v) is 3.77. The van der Waals surface area contributed by atoms with Crippen molar-refractivity contribution in [2.75, 3.05) is 13.2 Å². The number of aromatic amines is 1. The van der Waals surface area contributed by atoms with Crippen LogP contribution < -0.4 is 15.4 Å². The molecule has 0 unspecified atom stereocenters. The lowest BCUT2D eigenvalue weighted by atomic mass is 9.99. The third-order valence-corrected chi connectivity index (χ3v) is 5.46. The Bertz CT molecular complexity index is 1110. The third kappa shape index (κ3) is 5.55. The van der Waals surface area contributed by atoms with Gasteiger partial charge in [-0.2, -0.15) is 5.10 Å². The Labute approximate surface area is 187 Å². The molecule has 2 heterocycles. The Morgan fingerprint density at radius 3 is 2.88 bits per heavy atom. The number of amides is 2. The number of hydrogen-bond acceptors (Lipinski definition) is 4. The van der Waals surface area contributed by atoms with Gasteiger partial charge in [0.2, 0.25) is 0 Å². The molecule has 0 atom stereocenters. The Kier molecular flexibility index (Phi) is 6.84. The normalized spacial score (nSPS) is 14.5. The first kappa shape index (κ1) is 21.6. The van der Waals surface area contributed by atoms with Crippen molar-refractivity contribution >= 4 is 11.8 Å². The summed E-state index contributed by atoms with van der Waals surface area (Å²) in [7, 11) is 0. The van der Waals surface area contributed by atoms with Gasteiger partial charge < -0.3 is 15.4 Å². The monoisotopic (exact) mass is 432 g/mol. The first-order valence-electron chi connectivity index (χ1n) is 11.0. The molecule has 32 heavy (non-hydrogen) atoms. The average molecular weight is 433 g/mol. The van der Waals surface area contributed by atoms with Gasteiger partial charge in [-0.3, -0.25) is 14.7 Å². The highest BCUT2D eigenvalue weighted by Crippen LogP contribution is 2.25. The summed E-state index contributed by atoms with van der Waals surface area (Å²) < 4.78 is 6.06. The van der Waals surface area contributed by atoms with E-state index in [4.69, 9.17) is 4.74 Å². The van der Waals surface area contributed by atoms with Gasteiger partial charge in [0.15, 0.2) is 0 Å². The molecule has 0 spiro atoms. The van der Waals surface area contributed by atoms with Crippen LogP contribution in [0.5, 0.6) is 5.75 Å². The predicted octanol–water partition coefficient (Wildman–Crippen LogP) is 3.53. The number of nitrogens with one attached hydrogen (secondary N) is 3. The molecule has 0 fully saturated rings. The van der Waals surface area contributed by atoms with Crippen molar-refractivity contribution in [1.82, 2.24) is 20.8 Å². The van der Waals surface area contributed by atoms with E-state index in [2.05, 4.69) is 20.8 Å². The minimum Gasteiger partial charge on any atom is -0.493 e. The van der Waals surface area contributed by atoms with Crippen LogP contribution in [0, 0.1) is 6.92 Å². The van der Waals surface area contributed by atoms with Gasteiger partial charge in [0.1, 0.15) is 5.75 Å². The lowest BCUT2D eigenvalue weighted by Crippen LogP contribution is -2.24. The summed E-state index contributed by atoms with van der Waals surface area (Å²) in [5.41, 5.74) is 4.85. The summed E-state index contributed by atoms with van der Waals surface area (Å²) in [4.78, 5) is 25.2. The van der Waals surface area contributed by atoms with Gasteiger partial charge >= 0.3 is 0 Å². The zero-order valence-corrected chi connectivity index (χ0v) is 18.2. The van der Waals surface area contributed by atoms with Gasteiger partial charge in [-0.15, -0.1) is 0 Å². The zero-order chi connectivity index (χ0) is 22.3. The van der Waals surface area contributed by atoms with Crippen molar-refractivity contribution in [2.45, 2.75) is 39.2 Å². The molecule has 0 aliphatic carbocycles. The number of H-pyrrole nitrogens is 1. The van der Waals surface area contributed by atoms with Crippen LogP contribution in [0.25, 0.3) is 0 Å². The fraction of sp³-hybridized carbons (Fsp3) is 0.320. The van der Waals surface area contributed by atoms with E-state index in [9.17, 15) is 9.59 Å². The van der Waals surface area contributed by atoms with Crippen molar-refractivity contribution in [1.29, 1.82) is 0 Å². The maximum absolute atomic E-state index is 12.7. The molecule has 2 aromatic carbocycles. The van der Waals surface area contributed by atoms with E-state index in [-0.39, 0.29) is 11.8 Å². The highest BCUT2D eigenvalue weighted by Gasteiger charge is 2.14. The van der Waals surface area contributed by atoms with Gasteiger partial charge in [-0.25, -0.2) is 0 Å². The minimum atomic E-state index is -0.166. The standard InChI is InChI=1S/C25H28N4O3/c1-17-12-22(29-28-17)16-27-25(31)20-8-9-23-21(15-20)14-18-6-5-7-19(13-18)24(30)26-10-3-2-4-11-32-23/h5-9,12-13,15H,2-4,10-11,14,16H2,1H3,(H,26,30)(H,27,31)(H,28,29). The average Bonchev–Trinajstić information content (AvgIpc) is 3.22. The van der Waals surface area contributed by atoms with E-state index in [1.54, 1.807) is 6.07 Å². The number of nitrogens with zero attached hydrogens (tertiary/aromatic N) is 1. The molecule has 166 valence electrons. The summed E-state index contributed by atoms with van der Waals surface area (Å²) in [6, 6.07) is 15.0. The highest BCUT2D eigenvalue weighted by molar-refractivity contribution is 5.95. The number of rotatable bonds is 3. The Morgan fingerprint density at radius 1 is 1.12 bits per heavy atom. The van der Waals surface area contributed by atoms with Crippen molar-refractivity contribution in [3.8, 4) is 5.75 Å². The smallest absolute Gasteiger partial charge is 0.251 e. The van der Waals surface area contributed by atoms with Gasteiger partial charge in [-0.05, 0) is 73.7 Å². The number of fused-ring (bicyclic) bond motifs is 3. The lowest BCUT2D eigenvalue weighted by Gasteiger charge is -2.15. The maximum Gasteiger partial charge on any atom is 0.251 e. The molecule has 0 radical (unpaired) electrons. The number of ether oxygens (including phenoxy) is 1. The highest BCUT2D eigenvalue weighted by atomic mass is 16.5. The summed E-state index contributed by atoms with van der Waals surface area (Å²) in [6.45, 7) is 3.54. The number of benzene rings is 2.